The summed E-state index contributed by atoms with van der Waals surface area (Å²) in [5.74, 6) is 4.40. The minimum absolute atomic E-state index is 0.0456. The van der Waals surface area contributed by atoms with Crippen molar-refractivity contribution in [2.75, 3.05) is 31.1 Å². The van der Waals surface area contributed by atoms with Crippen LogP contribution in [-0.2, 0) is 21.0 Å². The van der Waals surface area contributed by atoms with E-state index in [9.17, 15) is 36.8 Å². The lowest BCUT2D eigenvalue weighted by molar-refractivity contribution is -0.144. The summed E-state index contributed by atoms with van der Waals surface area (Å²) < 4.78 is 70.1. The molecule has 5 rings (SSSR count). The van der Waals surface area contributed by atoms with Gasteiger partial charge >= 0.3 is 6.18 Å². The summed E-state index contributed by atoms with van der Waals surface area (Å²) in [6.45, 7) is 3.68. The second-order valence-electron chi connectivity index (χ2n) is 9.83. The normalized spacial score (nSPS) is 18.4. The van der Waals surface area contributed by atoms with E-state index in [0.717, 1.165) is 0 Å². The number of aliphatic hydroxyl groups is 1. The smallest absolute Gasteiger partial charge is 0.370 e. The predicted octanol–water partition coefficient (Wildman–Crippen LogP) is 1.63. The van der Waals surface area contributed by atoms with Gasteiger partial charge in [0, 0.05) is 32.4 Å². The summed E-state index contributed by atoms with van der Waals surface area (Å²) >= 11 is 0.269. The maximum Gasteiger partial charge on any atom is 0.445 e. The Bertz CT molecular complexity index is 1740. The quantitative estimate of drug-likeness (QED) is 0.397. The molecule has 0 radical (unpaired) electrons. The first kappa shape index (κ1) is 28.7. The van der Waals surface area contributed by atoms with E-state index in [-0.39, 0.29) is 53.2 Å². The number of imidazole rings is 1. The molecule has 41 heavy (non-hydrogen) atoms. The molecule has 2 fully saturated rings. The summed E-state index contributed by atoms with van der Waals surface area (Å²) in [4.78, 5) is 20.0. The summed E-state index contributed by atoms with van der Waals surface area (Å²) in [6, 6.07) is 3.37. The van der Waals surface area contributed by atoms with Crippen LogP contribution in [0.25, 0.3) is 16.3 Å². The zero-order chi connectivity index (χ0) is 29.8. The molecule has 1 saturated heterocycles. The topological polar surface area (TPSA) is 157 Å². The highest BCUT2D eigenvalue weighted by molar-refractivity contribution is 7.89. The van der Waals surface area contributed by atoms with Gasteiger partial charge in [0.05, 0.1) is 23.5 Å². The molecule has 2 N–H and O–H groups in total. The van der Waals surface area contributed by atoms with Gasteiger partial charge in [-0.25, -0.2) is 13.4 Å². The second kappa shape index (κ2) is 9.95. The molecule has 4 heterocycles. The average molecular weight is 609 g/mol. The zero-order valence-electron chi connectivity index (χ0n) is 21.7. The van der Waals surface area contributed by atoms with E-state index in [1.165, 1.54) is 41.6 Å². The van der Waals surface area contributed by atoms with Crippen LogP contribution in [0.5, 0.6) is 0 Å². The fourth-order valence-electron chi connectivity index (χ4n) is 4.47. The van der Waals surface area contributed by atoms with Crippen molar-refractivity contribution in [2.45, 2.75) is 48.9 Å². The first-order valence-electron chi connectivity index (χ1n) is 12.3. The van der Waals surface area contributed by atoms with Crippen LogP contribution in [0.3, 0.4) is 0 Å². The molecule has 12 nitrogen and oxygen atoms in total. The highest BCUT2D eigenvalue weighted by atomic mass is 32.2. The van der Waals surface area contributed by atoms with Crippen LogP contribution in [0.4, 0.5) is 18.9 Å². The van der Waals surface area contributed by atoms with Crippen LogP contribution in [0.1, 0.15) is 31.7 Å². The average Bonchev–Trinajstić information content (AvgIpc) is 3.29. The third-order valence-electron chi connectivity index (χ3n) is 6.75. The van der Waals surface area contributed by atoms with Gasteiger partial charge in [-0.15, -0.1) is 16.1 Å². The number of rotatable bonds is 6. The SMILES string of the molecule is CC#CC(C)(O)C(=O)N1CCN(c2cc(S(=O)(=O)NC3(C#N)CC3)cn3c(-c4nnc(C(F)(F)F)s4)ncc23)CC1. The number of alkyl halides is 3. The van der Waals surface area contributed by atoms with Crippen molar-refractivity contribution in [1.82, 2.24) is 29.2 Å². The number of nitrogens with one attached hydrogen (secondary N) is 1. The minimum Gasteiger partial charge on any atom is -0.370 e. The number of carbonyl (C=O) groups excluding carboxylic acids is 1. The molecule has 0 spiro atoms. The number of aromatic nitrogens is 4. The van der Waals surface area contributed by atoms with E-state index in [0.29, 0.717) is 24.0 Å². The van der Waals surface area contributed by atoms with Crippen LogP contribution in [0.2, 0.25) is 0 Å². The molecule has 1 aliphatic carbocycles. The largest absolute Gasteiger partial charge is 0.445 e. The number of piperazine rings is 1. The second-order valence-corrected chi connectivity index (χ2v) is 12.5. The summed E-state index contributed by atoms with van der Waals surface area (Å²) in [6.07, 6.45) is -1.42. The number of hydrogen-bond acceptors (Lipinski definition) is 10. The van der Waals surface area contributed by atoms with Crippen molar-refractivity contribution in [2.24, 2.45) is 0 Å². The number of anilines is 1. The minimum atomic E-state index is -4.72. The number of nitriles is 1. The molecule has 3 aromatic rings. The molecule has 1 aliphatic heterocycles. The lowest BCUT2D eigenvalue weighted by Gasteiger charge is -2.38. The molecule has 0 bridgehead atoms. The maximum atomic E-state index is 13.4. The molecule has 2 aliphatic rings. The fraction of sp³-hybridized carbons (Fsp3) is 0.458. The predicted molar refractivity (Wildman–Crippen MR) is 140 cm³/mol. The highest BCUT2D eigenvalue weighted by Gasteiger charge is 2.47. The number of halogens is 3. The highest BCUT2D eigenvalue weighted by Crippen LogP contribution is 2.38. The monoisotopic (exact) mass is 608 g/mol. The molecular formula is C24H23F3N8O4S2. The lowest BCUT2D eigenvalue weighted by atomic mass is 10.1. The van der Waals surface area contributed by atoms with Gasteiger partial charge in [-0.3, -0.25) is 9.20 Å². The van der Waals surface area contributed by atoms with Gasteiger partial charge in [0.2, 0.25) is 20.6 Å². The number of carbonyl (C=O) groups is 1. The Morgan fingerprint density at radius 3 is 2.46 bits per heavy atom. The number of sulfonamides is 1. The first-order chi connectivity index (χ1) is 19.2. The summed E-state index contributed by atoms with van der Waals surface area (Å²) in [5, 5.41) is 25.3. The van der Waals surface area contributed by atoms with E-state index < -0.39 is 38.3 Å². The standard InChI is InChI=1S/C24H23F3N8O4S2/c1-3-4-22(2,37)21(36)34-9-7-33(8-10-34)16-11-15(41(38,39)32-23(14-28)5-6-23)13-35-17(16)12-29-18(35)19-30-31-20(40-19)24(25,26)27/h11-13,32,37H,5-10H2,1-2H3. The van der Waals surface area contributed by atoms with Crippen LogP contribution in [0, 0.1) is 23.2 Å². The van der Waals surface area contributed by atoms with Crippen molar-refractivity contribution in [3.05, 3.63) is 23.5 Å². The van der Waals surface area contributed by atoms with Crippen LogP contribution in [0.15, 0.2) is 23.4 Å². The van der Waals surface area contributed by atoms with E-state index in [2.05, 4.69) is 31.7 Å². The Hall–Kier alpha value is -3.77. The first-order valence-corrected chi connectivity index (χ1v) is 14.6. The third kappa shape index (κ3) is 5.45. The molecule has 1 saturated carbocycles. The number of hydrogen-bond donors (Lipinski definition) is 2. The Morgan fingerprint density at radius 1 is 1.22 bits per heavy atom. The van der Waals surface area contributed by atoms with E-state index in [4.69, 9.17) is 0 Å². The van der Waals surface area contributed by atoms with Crippen LogP contribution < -0.4 is 9.62 Å². The summed E-state index contributed by atoms with van der Waals surface area (Å²) in [5.41, 5.74) is -2.30. The molecule has 1 unspecified atom stereocenters. The van der Waals surface area contributed by atoms with E-state index in [1.807, 2.05) is 11.0 Å². The number of amides is 1. The van der Waals surface area contributed by atoms with Gasteiger partial charge in [0.25, 0.3) is 5.91 Å². The molecule has 216 valence electrons. The van der Waals surface area contributed by atoms with Gasteiger partial charge in [-0.2, -0.15) is 23.2 Å². The van der Waals surface area contributed by atoms with Crippen LogP contribution in [-0.4, -0.2) is 81.2 Å². The van der Waals surface area contributed by atoms with Crippen molar-refractivity contribution < 1.29 is 31.5 Å². The van der Waals surface area contributed by atoms with Gasteiger partial charge < -0.3 is 14.9 Å². The van der Waals surface area contributed by atoms with Crippen molar-refractivity contribution in [3.63, 3.8) is 0 Å². The Labute approximate surface area is 236 Å². The number of pyridine rings is 1. The summed E-state index contributed by atoms with van der Waals surface area (Å²) in [7, 11) is -4.24. The maximum absolute atomic E-state index is 13.4. The van der Waals surface area contributed by atoms with Gasteiger partial charge in [0.1, 0.15) is 10.4 Å². The molecule has 1 amide bonds. The van der Waals surface area contributed by atoms with E-state index in [1.54, 1.807) is 0 Å². The van der Waals surface area contributed by atoms with Gasteiger partial charge in [0.15, 0.2) is 10.8 Å². The molecule has 3 aromatic heterocycles. The third-order valence-corrected chi connectivity index (χ3v) is 9.22. The Kier molecular flexibility index (Phi) is 6.98. The number of nitrogens with zero attached hydrogens (tertiary/aromatic N) is 7. The lowest BCUT2D eigenvalue weighted by Crippen LogP contribution is -2.54. The van der Waals surface area contributed by atoms with Crippen molar-refractivity contribution >= 4 is 38.5 Å². The molecule has 17 heteroatoms. The van der Waals surface area contributed by atoms with Gasteiger partial charge in [-0.05, 0) is 32.8 Å². The molecule has 1 atom stereocenters. The molecular weight excluding hydrogens is 585 g/mol. The Balaban J connectivity index is 1.55. The zero-order valence-corrected chi connectivity index (χ0v) is 23.4. The van der Waals surface area contributed by atoms with E-state index >= 15 is 0 Å². The Morgan fingerprint density at radius 2 is 1.90 bits per heavy atom. The fourth-order valence-corrected chi connectivity index (χ4v) is 6.57. The van der Waals surface area contributed by atoms with Crippen LogP contribution >= 0.6 is 11.3 Å². The van der Waals surface area contributed by atoms with Gasteiger partial charge in [-0.1, -0.05) is 17.3 Å². The van der Waals surface area contributed by atoms with Crippen molar-refractivity contribution in [3.8, 4) is 28.7 Å². The molecule has 0 aromatic carbocycles. The van der Waals surface area contributed by atoms with Crippen molar-refractivity contribution in [1.29, 1.82) is 5.26 Å². The number of fused-ring (bicyclic) bond motifs is 1.